The summed E-state index contributed by atoms with van der Waals surface area (Å²) in [7, 11) is 0. The fourth-order valence-corrected chi connectivity index (χ4v) is 6.04. The summed E-state index contributed by atoms with van der Waals surface area (Å²) >= 11 is 0. The molecule has 0 unspecified atom stereocenters. The van der Waals surface area contributed by atoms with E-state index in [4.69, 9.17) is 9.57 Å². The normalized spacial score (nSPS) is 12.8. The summed E-state index contributed by atoms with van der Waals surface area (Å²) in [5, 5.41) is 12.2. The molecule has 0 heterocycles. The molecule has 0 aliphatic heterocycles. The van der Waals surface area contributed by atoms with E-state index in [1.807, 2.05) is 140 Å². The Morgan fingerprint density at radius 2 is 1.09 bits per heavy atom. The predicted octanol–water partition coefficient (Wildman–Crippen LogP) is 6.41. The number of ether oxygens (including phenoxy) is 1. The Balaban J connectivity index is 1.15. The average Bonchev–Trinajstić information content (AvgIpc) is 3.42. The van der Waals surface area contributed by atoms with Crippen LogP contribution in [0.25, 0.3) is 11.1 Å². The molecule has 5 aromatic rings. The second-order valence-corrected chi connectivity index (χ2v) is 11.0. The van der Waals surface area contributed by atoms with Crippen molar-refractivity contribution in [1.29, 1.82) is 0 Å². The molecule has 46 heavy (non-hydrogen) atoms. The lowest BCUT2D eigenvalue weighted by Crippen LogP contribution is -2.46. The zero-order valence-electron chi connectivity index (χ0n) is 24.8. The topological polar surface area (TPSA) is 114 Å². The summed E-state index contributed by atoms with van der Waals surface area (Å²) < 4.78 is 5.51. The number of amides is 2. The molecule has 0 saturated carbocycles. The van der Waals surface area contributed by atoms with E-state index >= 15 is 0 Å². The van der Waals surface area contributed by atoms with Gasteiger partial charge in [0.15, 0.2) is 5.60 Å². The lowest BCUT2D eigenvalue weighted by atomic mass is 9.80. The zero-order chi connectivity index (χ0) is 31.9. The van der Waals surface area contributed by atoms with E-state index in [2.05, 4.69) is 10.8 Å². The Morgan fingerprint density at radius 1 is 0.652 bits per heavy atom. The van der Waals surface area contributed by atoms with Crippen molar-refractivity contribution in [1.82, 2.24) is 10.8 Å². The SMILES string of the molecule is O=C(C[C@H](NC(=O)OCC1c2ccccc2-c2ccccc21)C(=O)O)NOC(c1ccccc1)(c1ccccc1)c1ccccc1. The smallest absolute Gasteiger partial charge is 0.407 e. The Bertz CT molecular complexity index is 1690. The van der Waals surface area contributed by atoms with Gasteiger partial charge in [-0.3, -0.25) is 9.63 Å². The van der Waals surface area contributed by atoms with E-state index in [1.165, 1.54) is 0 Å². The number of hydrogen-bond acceptors (Lipinski definition) is 5. The van der Waals surface area contributed by atoms with Crippen molar-refractivity contribution in [3.05, 3.63) is 167 Å². The van der Waals surface area contributed by atoms with Gasteiger partial charge < -0.3 is 15.2 Å². The minimum Gasteiger partial charge on any atom is -0.480 e. The monoisotopic (exact) mass is 612 g/mol. The largest absolute Gasteiger partial charge is 0.480 e. The van der Waals surface area contributed by atoms with E-state index < -0.39 is 36.0 Å². The van der Waals surface area contributed by atoms with E-state index in [-0.39, 0.29) is 12.5 Å². The minimum atomic E-state index is -1.56. The van der Waals surface area contributed by atoms with Crippen LogP contribution in [0.5, 0.6) is 0 Å². The zero-order valence-corrected chi connectivity index (χ0v) is 24.8. The van der Waals surface area contributed by atoms with E-state index in [1.54, 1.807) is 0 Å². The van der Waals surface area contributed by atoms with E-state index in [9.17, 15) is 19.5 Å². The number of aliphatic carboxylic acids is 1. The number of fused-ring (bicyclic) bond motifs is 3. The van der Waals surface area contributed by atoms with Crippen LogP contribution in [-0.2, 0) is 24.8 Å². The molecule has 8 heteroatoms. The molecule has 0 bridgehead atoms. The van der Waals surface area contributed by atoms with Crippen LogP contribution < -0.4 is 10.8 Å². The van der Waals surface area contributed by atoms with Gasteiger partial charge in [0.2, 0.25) is 5.91 Å². The number of rotatable bonds is 11. The number of benzene rings is 5. The van der Waals surface area contributed by atoms with Gasteiger partial charge in [0.1, 0.15) is 12.6 Å². The van der Waals surface area contributed by atoms with E-state index in [0.717, 1.165) is 38.9 Å². The van der Waals surface area contributed by atoms with Gasteiger partial charge >= 0.3 is 12.1 Å². The van der Waals surface area contributed by atoms with Crippen molar-refractivity contribution >= 4 is 18.0 Å². The molecular weight excluding hydrogens is 580 g/mol. The van der Waals surface area contributed by atoms with Crippen LogP contribution >= 0.6 is 0 Å². The van der Waals surface area contributed by atoms with Crippen LogP contribution in [0, 0.1) is 0 Å². The van der Waals surface area contributed by atoms with E-state index in [0.29, 0.717) is 0 Å². The van der Waals surface area contributed by atoms with Crippen molar-refractivity contribution in [3.63, 3.8) is 0 Å². The second-order valence-electron chi connectivity index (χ2n) is 11.0. The Morgan fingerprint density at radius 3 is 1.54 bits per heavy atom. The molecule has 1 aliphatic carbocycles. The van der Waals surface area contributed by atoms with Crippen molar-refractivity contribution < 1.29 is 29.1 Å². The fourth-order valence-electron chi connectivity index (χ4n) is 6.04. The first-order valence-corrected chi connectivity index (χ1v) is 14.9. The number of carboxylic acids is 1. The van der Waals surface area contributed by atoms with Crippen LogP contribution in [0.1, 0.15) is 40.2 Å². The van der Waals surface area contributed by atoms with Crippen LogP contribution in [0.15, 0.2) is 140 Å². The van der Waals surface area contributed by atoms with Gasteiger partial charge in [0.05, 0.1) is 6.42 Å². The number of carbonyl (C=O) groups is 3. The summed E-state index contributed by atoms with van der Waals surface area (Å²) in [5.74, 6) is -2.32. The van der Waals surface area contributed by atoms with Gasteiger partial charge in [-0.2, -0.15) is 0 Å². The first-order chi connectivity index (χ1) is 22.5. The lowest BCUT2D eigenvalue weighted by molar-refractivity contribution is -0.148. The van der Waals surface area contributed by atoms with Gasteiger partial charge in [0, 0.05) is 5.92 Å². The number of alkyl carbamates (subject to hydrolysis) is 1. The molecule has 0 saturated heterocycles. The highest BCUT2D eigenvalue weighted by molar-refractivity contribution is 5.87. The first-order valence-electron chi connectivity index (χ1n) is 14.9. The quantitative estimate of drug-likeness (QED) is 0.117. The van der Waals surface area contributed by atoms with Crippen molar-refractivity contribution in [2.24, 2.45) is 0 Å². The lowest BCUT2D eigenvalue weighted by Gasteiger charge is -2.35. The van der Waals surface area contributed by atoms with Gasteiger partial charge in [-0.25, -0.2) is 15.1 Å². The molecule has 8 nitrogen and oxygen atoms in total. The third-order valence-corrected chi connectivity index (χ3v) is 8.18. The summed E-state index contributed by atoms with van der Waals surface area (Å²) in [4.78, 5) is 44.5. The van der Waals surface area contributed by atoms with Gasteiger partial charge in [0.25, 0.3) is 0 Å². The molecule has 1 atom stereocenters. The number of hydrogen-bond donors (Lipinski definition) is 3. The Kier molecular flexibility index (Phi) is 8.89. The second kappa shape index (κ2) is 13.5. The molecular formula is C38H32N2O6. The summed E-state index contributed by atoms with van der Waals surface area (Å²) in [6, 6.07) is 42.5. The highest BCUT2D eigenvalue weighted by Gasteiger charge is 2.39. The molecule has 230 valence electrons. The summed E-state index contributed by atoms with van der Waals surface area (Å²) in [6.07, 6.45) is -1.52. The number of nitrogens with one attached hydrogen (secondary N) is 2. The number of hydroxylamine groups is 1. The molecule has 3 N–H and O–H groups in total. The van der Waals surface area contributed by atoms with Gasteiger partial charge in [-0.15, -0.1) is 0 Å². The predicted molar refractivity (Wildman–Crippen MR) is 173 cm³/mol. The Hall–Kier alpha value is -5.73. The van der Waals surface area contributed by atoms with Gasteiger partial charge in [-0.05, 0) is 38.9 Å². The molecule has 5 aromatic carbocycles. The van der Waals surface area contributed by atoms with Crippen molar-refractivity contribution in [2.75, 3.05) is 6.61 Å². The van der Waals surface area contributed by atoms with Crippen LogP contribution in [0.3, 0.4) is 0 Å². The van der Waals surface area contributed by atoms with Crippen molar-refractivity contribution in [3.8, 4) is 11.1 Å². The van der Waals surface area contributed by atoms with Crippen molar-refractivity contribution in [2.45, 2.75) is 24.0 Å². The minimum absolute atomic E-state index is 0.00918. The molecule has 0 aromatic heterocycles. The molecule has 1 aliphatic rings. The van der Waals surface area contributed by atoms with Gasteiger partial charge in [-0.1, -0.05) is 140 Å². The molecule has 0 spiro atoms. The van der Waals surface area contributed by atoms with Crippen LogP contribution in [-0.4, -0.2) is 35.7 Å². The maximum absolute atomic E-state index is 13.2. The Labute approximate surface area is 266 Å². The third kappa shape index (κ3) is 6.11. The summed E-state index contributed by atoms with van der Waals surface area (Å²) in [5.41, 5.74) is 7.68. The van der Waals surface area contributed by atoms with Crippen LogP contribution in [0.2, 0.25) is 0 Å². The average molecular weight is 613 g/mol. The molecule has 2 amide bonds. The third-order valence-electron chi connectivity index (χ3n) is 8.18. The molecule has 0 fully saturated rings. The highest BCUT2D eigenvalue weighted by atomic mass is 16.7. The molecule has 6 rings (SSSR count). The standard InChI is InChI=1S/C38H32N2O6/c41-35(40-46-38(26-14-4-1-5-15-26,27-16-6-2-7-17-27)28-18-8-3-9-19-28)24-34(36(42)43)39-37(44)45-25-33-31-22-12-10-20-29(31)30-21-11-13-23-32(30)33/h1-23,33-34H,24-25H2,(H,39,44)(H,40,41)(H,42,43)/t34-/m0/s1. The highest BCUT2D eigenvalue weighted by Crippen LogP contribution is 2.44. The van der Waals surface area contributed by atoms with Crippen LogP contribution in [0.4, 0.5) is 4.79 Å². The number of carboxylic acid groups (broad SMARTS) is 1. The number of carbonyl (C=O) groups excluding carboxylic acids is 2. The first kappa shape index (κ1) is 30.3. The summed E-state index contributed by atoms with van der Waals surface area (Å²) in [6.45, 7) is 0.00918. The fraction of sp³-hybridized carbons (Fsp3) is 0.132. The maximum atomic E-state index is 13.2. The maximum Gasteiger partial charge on any atom is 0.407 e. The molecule has 0 radical (unpaired) electrons.